The standard InChI is InChI=1S/C12H7BrCl2/c13-9-6-10(14)12(11(15)7-9)8-4-2-1-3-5-8/h1-7H. The van der Waals surface area contributed by atoms with Crippen molar-refractivity contribution in [3.05, 3.63) is 57.0 Å². The van der Waals surface area contributed by atoms with Crippen LogP contribution in [0, 0.1) is 0 Å². The molecule has 0 saturated carbocycles. The van der Waals surface area contributed by atoms with Gasteiger partial charge in [0, 0.05) is 10.0 Å². The molecule has 0 bridgehead atoms. The molecule has 0 radical (unpaired) electrons. The van der Waals surface area contributed by atoms with E-state index < -0.39 is 0 Å². The van der Waals surface area contributed by atoms with Crippen molar-refractivity contribution in [2.75, 3.05) is 0 Å². The monoisotopic (exact) mass is 300 g/mol. The van der Waals surface area contributed by atoms with Crippen LogP contribution in [0.1, 0.15) is 0 Å². The molecule has 0 aromatic heterocycles. The van der Waals surface area contributed by atoms with Gasteiger partial charge in [-0.05, 0) is 17.7 Å². The molecule has 0 spiro atoms. The molecule has 0 saturated heterocycles. The van der Waals surface area contributed by atoms with Gasteiger partial charge in [-0.2, -0.15) is 0 Å². The Morgan fingerprint density at radius 2 is 1.40 bits per heavy atom. The van der Waals surface area contributed by atoms with Crippen molar-refractivity contribution in [3.8, 4) is 11.1 Å². The molecule has 0 N–H and O–H groups in total. The van der Waals surface area contributed by atoms with Crippen molar-refractivity contribution >= 4 is 39.1 Å². The second-order valence-corrected chi connectivity index (χ2v) is 4.84. The van der Waals surface area contributed by atoms with Crippen molar-refractivity contribution in [1.29, 1.82) is 0 Å². The molecule has 2 aromatic rings. The lowest BCUT2D eigenvalue weighted by atomic mass is 10.1. The highest BCUT2D eigenvalue weighted by Gasteiger charge is 2.08. The minimum Gasteiger partial charge on any atom is -0.0836 e. The van der Waals surface area contributed by atoms with Gasteiger partial charge in [0.1, 0.15) is 0 Å². The molecule has 2 aromatic carbocycles. The van der Waals surface area contributed by atoms with E-state index in [0.29, 0.717) is 10.0 Å². The Kier molecular flexibility index (Phi) is 3.35. The molecular formula is C12H7BrCl2. The summed E-state index contributed by atoms with van der Waals surface area (Å²) in [7, 11) is 0. The highest BCUT2D eigenvalue weighted by atomic mass is 79.9. The summed E-state index contributed by atoms with van der Waals surface area (Å²) in [5, 5.41) is 1.31. The molecule has 0 heterocycles. The molecule has 0 aliphatic rings. The number of benzene rings is 2. The average Bonchev–Trinajstić information content (AvgIpc) is 2.17. The first-order valence-corrected chi connectivity index (χ1v) is 5.93. The minimum atomic E-state index is 0.653. The van der Waals surface area contributed by atoms with Crippen LogP contribution in [0.4, 0.5) is 0 Å². The van der Waals surface area contributed by atoms with Gasteiger partial charge in [0.2, 0.25) is 0 Å². The highest BCUT2D eigenvalue weighted by Crippen LogP contribution is 2.36. The predicted octanol–water partition coefficient (Wildman–Crippen LogP) is 5.42. The first kappa shape index (κ1) is 11.0. The molecule has 2 rings (SSSR count). The molecule has 0 unspecified atom stereocenters. The summed E-state index contributed by atoms with van der Waals surface area (Å²) in [6.45, 7) is 0. The zero-order valence-corrected chi connectivity index (χ0v) is 10.8. The zero-order valence-electron chi connectivity index (χ0n) is 7.68. The Bertz CT molecular complexity index is 457. The summed E-state index contributed by atoms with van der Waals surface area (Å²) in [6, 6.07) is 13.5. The Balaban J connectivity index is 2.64. The predicted molar refractivity (Wildman–Crippen MR) is 69.6 cm³/mol. The fourth-order valence-electron chi connectivity index (χ4n) is 1.42. The smallest absolute Gasteiger partial charge is 0.0510 e. The number of halogens is 3. The number of hydrogen-bond donors (Lipinski definition) is 0. The largest absolute Gasteiger partial charge is 0.0836 e. The minimum absolute atomic E-state index is 0.653. The van der Waals surface area contributed by atoms with Crippen molar-refractivity contribution in [2.24, 2.45) is 0 Å². The quantitative estimate of drug-likeness (QED) is 0.659. The van der Waals surface area contributed by atoms with Crippen molar-refractivity contribution in [1.82, 2.24) is 0 Å². The molecule has 0 nitrogen and oxygen atoms in total. The van der Waals surface area contributed by atoms with Gasteiger partial charge >= 0.3 is 0 Å². The lowest BCUT2D eigenvalue weighted by Gasteiger charge is -2.07. The van der Waals surface area contributed by atoms with Gasteiger partial charge < -0.3 is 0 Å². The van der Waals surface area contributed by atoms with Crippen LogP contribution in [0.25, 0.3) is 11.1 Å². The maximum Gasteiger partial charge on any atom is 0.0510 e. The highest BCUT2D eigenvalue weighted by molar-refractivity contribution is 9.10. The molecular weight excluding hydrogens is 295 g/mol. The van der Waals surface area contributed by atoms with E-state index >= 15 is 0 Å². The van der Waals surface area contributed by atoms with Gasteiger partial charge in [-0.15, -0.1) is 0 Å². The van der Waals surface area contributed by atoms with E-state index in [1.54, 1.807) is 0 Å². The maximum atomic E-state index is 6.15. The first-order valence-electron chi connectivity index (χ1n) is 4.38. The fourth-order valence-corrected chi connectivity index (χ4v) is 2.85. The average molecular weight is 302 g/mol. The third kappa shape index (κ3) is 2.36. The molecule has 3 heteroatoms. The lowest BCUT2D eigenvalue weighted by Crippen LogP contribution is -1.81. The Morgan fingerprint density at radius 1 is 0.867 bits per heavy atom. The van der Waals surface area contributed by atoms with Gasteiger partial charge in [0.15, 0.2) is 0 Å². The van der Waals surface area contributed by atoms with Gasteiger partial charge in [0.05, 0.1) is 10.0 Å². The van der Waals surface area contributed by atoms with Crippen molar-refractivity contribution in [3.63, 3.8) is 0 Å². The molecule has 0 amide bonds. The summed E-state index contributed by atoms with van der Waals surface area (Å²) in [4.78, 5) is 0. The first-order chi connectivity index (χ1) is 7.18. The summed E-state index contributed by atoms with van der Waals surface area (Å²) in [5.74, 6) is 0. The van der Waals surface area contributed by atoms with Crippen LogP contribution in [0.3, 0.4) is 0 Å². The van der Waals surface area contributed by atoms with E-state index in [1.165, 1.54) is 0 Å². The van der Waals surface area contributed by atoms with Gasteiger partial charge in [0.25, 0.3) is 0 Å². The second kappa shape index (κ2) is 4.56. The summed E-state index contributed by atoms with van der Waals surface area (Å²) in [6.07, 6.45) is 0. The molecule has 15 heavy (non-hydrogen) atoms. The summed E-state index contributed by atoms with van der Waals surface area (Å²) in [5.41, 5.74) is 1.90. The van der Waals surface area contributed by atoms with E-state index in [4.69, 9.17) is 23.2 Å². The zero-order chi connectivity index (χ0) is 10.8. The maximum absolute atomic E-state index is 6.15. The van der Waals surface area contributed by atoms with E-state index in [9.17, 15) is 0 Å². The fraction of sp³-hybridized carbons (Fsp3) is 0. The number of rotatable bonds is 1. The van der Waals surface area contributed by atoms with Crippen LogP contribution in [0.2, 0.25) is 10.0 Å². The Hall–Kier alpha value is -0.500. The topological polar surface area (TPSA) is 0 Å². The molecule has 0 atom stereocenters. The van der Waals surface area contributed by atoms with E-state index in [2.05, 4.69) is 15.9 Å². The van der Waals surface area contributed by atoms with Crippen molar-refractivity contribution < 1.29 is 0 Å². The number of hydrogen-bond acceptors (Lipinski definition) is 0. The third-order valence-corrected chi connectivity index (χ3v) is 3.12. The Labute approximate surface area is 107 Å². The van der Waals surface area contributed by atoms with E-state index in [0.717, 1.165) is 15.6 Å². The van der Waals surface area contributed by atoms with Crippen LogP contribution in [-0.4, -0.2) is 0 Å². The Morgan fingerprint density at radius 3 is 1.93 bits per heavy atom. The van der Waals surface area contributed by atoms with E-state index in [-0.39, 0.29) is 0 Å². The van der Waals surface area contributed by atoms with Crippen LogP contribution < -0.4 is 0 Å². The van der Waals surface area contributed by atoms with Gasteiger partial charge in [-0.1, -0.05) is 69.5 Å². The molecule has 76 valence electrons. The molecule has 0 aliphatic carbocycles. The molecule has 0 aliphatic heterocycles. The lowest BCUT2D eigenvalue weighted by molar-refractivity contribution is 1.59. The van der Waals surface area contributed by atoms with Gasteiger partial charge in [-0.25, -0.2) is 0 Å². The van der Waals surface area contributed by atoms with Crippen LogP contribution in [0.5, 0.6) is 0 Å². The SMILES string of the molecule is Clc1cc(Br)cc(Cl)c1-c1ccccc1. The third-order valence-electron chi connectivity index (χ3n) is 2.07. The molecule has 0 fully saturated rings. The summed E-state index contributed by atoms with van der Waals surface area (Å²) >= 11 is 15.7. The van der Waals surface area contributed by atoms with E-state index in [1.807, 2.05) is 42.5 Å². The van der Waals surface area contributed by atoms with Crippen LogP contribution >= 0.6 is 39.1 Å². The summed E-state index contributed by atoms with van der Waals surface area (Å²) < 4.78 is 0.886. The second-order valence-electron chi connectivity index (χ2n) is 3.11. The van der Waals surface area contributed by atoms with Crippen LogP contribution in [0.15, 0.2) is 46.9 Å². The van der Waals surface area contributed by atoms with Crippen molar-refractivity contribution in [2.45, 2.75) is 0 Å². The van der Waals surface area contributed by atoms with Gasteiger partial charge in [-0.3, -0.25) is 0 Å². The van der Waals surface area contributed by atoms with Crippen LogP contribution in [-0.2, 0) is 0 Å². The normalized spacial score (nSPS) is 10.3.